The monoisotopic (exact) mass is 346 g/mol. The minimum absolute atomic E-state index is 0.0411. The molecule has 3 rings (SSSR count). The maximum absolute atomic E-state index is 12.5. The summed E-state index contributed by atoms with van der Waals surface area (Å²) in [4.78, 5) is 24.9. The molecule has 2 aromatic heterocycles. The van der Waals surface area contributed by atoms with E-state index in [4.69, 9.17) is 4.74 Å². The highest BCUT2D eigenvalue weighted by atomic mass is 32.1. The molecule has 1 atom stereocenters. The Balaban J connectivity index is 1.62. The van der Waals surface area contributed by atoms with E-state index < -0.39 is 0 Å². The van der Waals surface area contributed by atoms with Gasteiger partial charge >= 0.3 is 0 Å². The summed E-state index contributed by atoms with van der Waals surface area (Å²) < 4.78 is 6.06. The lowest BCUT2D eigenvalue weighted by atomic mass is 10.1. The van der Waals surface area contributed by atoms with Crippen LogP contribution in [0.2, 0.25) is 0 Å². The number of nitrogens with zero attached hydrogens (tertiary/aromatic N) is 4. The first-order valence-corrected chi connectivity index (χ1v) is 9.01. The molecule has 1 amide bonds. The zero-order chi connectivity index (χ0) is 16.9. The predicted octanol–water partition coefficient (Wildman–Crippen LogP) is 2.22. The number of rotatable bonds is 5. The molecule has 1 unspecified atom stereocenters. The summed E-state index contributed by atoms with van der Waals surface area (Å²) in [5, 5.41) is 4.03. The van der Waals surface area contributed by atoms with Gasteiger partial charge in [-0.3, -0.25) is 4.79 Å². The number of anilines is 1. The van der Waals surface area contributed by atoms with Gasteiger partial charge in [-0.25, -0.2) is 9.97 Å². The quantitative estimate of drug-likeness (QED) is 0.831. The van der Waals surface area contributed by atoms with Crippen LogP contribution in [-0.2, 0) is 11.2 Å². The van der Waals surface area contributed by atoms with Crippen LogP contribution in [-0.4, -0.2) is 54.1 Å². The van der Waals surface area contributed by atoms with Crippen LogP contribution < -0.4 is 9.64 Å². The van der Waals surface area contributed by atoms with Crippen molar-refractivity contribution in [1.29, 1.82) is 0 Å². The Morgan fingerprint density at radius 2 is 2.25 bits per heavy atom. The number of carbonyl (C=O) groups is 1. The maximum atomic E-state index is 12.5. The molecule has 1 saturated heterocycles. The van der Waals surface area contributed by atoms with Gasteiger partial charge < -0.3 is 14.5 Å². The molecule has 0 N–H and O–H groups in total. The fraction of sp³-hybridized carbons (Fsp3) is 0.471. The second-order valence-electron chi connectivity index (χ2n) is 6.11. The van der Waals surface area contributed by atoms with Gasteiger partial charge in [0.1, 0.15) is 6.10 Å². The van der Waals surface area contributed by atoms with E-state index in [1.54, 1.807) is 23.7 Å². The Hall–Kier alpha value is -2.15. The third-order valence-corrected chi connectivity index (χ3v) is 4.75. The Labute approximate surface area is 146 Å². The number of carbonyl (C=O) groups excluding carboxylic acids is 1. The van der Waals surface area contributed by atoms with Gasteiger partial charge in [0.05, 0.1) is 13.0 Å². The van der Waals surface area contributed by atoms with Gasteiger partial charge in [-0.15, -0.1) is 0 Å². The second-order valence-corrected chi connectivity index (χ2v) is 6.89. The van der Waals surface area contributed by atoms with Crippen molar-refractivity contribution in [3.8, 4) is 5.88 Å². The first kappa shape index (κ1) is 16.7. The molecule has 1 fully saturated rings. The molecule has 2 aromatic rings. The topological polar surface area (TPSA) is 58.6 Å². The number of aromatic nitrogens is 2. The SMILES string of the molecule is CN(C)c1nccnc1OC1CCCN(C(=O)Cc2ccsc2)C1. The largest absolute Gasteiger partial charge is 0.470 e. The van der Waals surface area contributed by atoms with Crippen LogP contribution in [0.4, 0.5) is 5.82 Å². The predicted molar refractivity (Wildman–Crippen MR) is 94.6 cm³/mol. The summed E-state index contributed by atoms with van der Waals surface area (Å²) in [5.41, 5.74) is 1.08. The Bertz CT molecular complexity index is 675. The van der Waals surface area contributed by atoms with Gasteiger partial charge in [-0.1, -0.05) is 0 Å². The molecule has 0 radical (unpaired) electrons. The van der Waals surface area contributed by atoms with Crippen LogP contribution in [0.15, 0.2) is 29.2 Å². The van der Waals surface area contributed by atoms with E-state index in [1.165, 1.54) is 0 Å². The van der Waals surface area contributed by atoms with Crippen molar-refractivity contribution >= 4 is 23.1 Å². The minimum atomic E-state index is -0.0411. The summed E-state index contributed by atoms with van der Waals surface area (Å²) in [7, 11) is 3.82. The molecule has 0 aromatic carbocycles. The molecule has 1 aliphatic rings. The average Bonchev–Trinajstić information content (AvgIpc) is 3.08. The zero-order valence-electron chi connectivity index (χ0n) is 14.0. The van der Waals surface area contributed by atoms with Crippen molar-refractivity contribution in [2.24, 2.45) is 0 Å². The lowest BCUT2D eigenvalue weighted by Gasteiger charge is -2.33. The molecule has 24 heavy (non-hydrogen) atoms. The van der Waals surface area contributed by atoms with Crippen molar-refractivity contribution in [2.75, 3.05) is 32.1 Å². The highest BCUT2D eigenvalue weighted by Crippen LogP contribution is 2.24. The van der Waals surface area contributed by atoms with E-state index in [0.717, 1.165) is 24.9 Å². The fourth-order valence-corrected chi connectivity index (χ4v) is 3.47. The molecule has 7 heteroatoms. The Kier molecular flexibility index (Phi) is 5.30. The van der Waals surface area contributed by atoms with Crippen molar-refractivity contribution < 1.29 is 9.53 Å². The first-order chi connectivity index (χ1) is 11.6. The van der Waals surface area contributed by atoms with E-state index >= 15 is 0 Å². The van der Waals surface area contributed by atoms with Crippen LogP contribution in [0, 0.1) is 0 Å². The lowest BCUT2D eigenvalue weighted by Crippen LogP contribution is -2.45. The van der Waals surface area contributed by atoms with E-state index in [0.29, 0.717) is 24.7 Å². The molecule has 0 aliphatic carbocycles. The van der Waals surface area contributed by atoms with Crippen LogP contribution in [0.5, 0.6) is 5.88 Å². The van der Waals surface area contributed by atoms with Gasteiger partial charge in [-0.05, 0) is 35.2 Å². The fourth-order valence-electron chi connectivity index (χ4n) is 2.81. The number of thiophene rings is 1. The van der Waals surface area contributed by atoms with Crippen molar-refractivity contribution in [2.45, 2.75) is 25.4 Å². The summed E-state index contributed by atoms with van der Waals surface area (Å²) in [6, 6.07) is 2.00. The highest BCUT2D eigenvalue weighted by Gasteiger charge is 2.26. The summed E-state index contributed by atoms with van der Waals surface area (Å²) in [6.45, 7) is 1.40. The van der Waals surface area contributed by atoms with Crippen LogP contribution in [0.1, 0.15) is 18.4 Å². The van der Waals surface area contributed by atoms with Gasteiger partial charge in [-0.2, -0.15) is 11.3 Å². The highest BCUT2D eigenvalue weighted by molar-refractivity contribution is 7.08. The third kappa shape index (κ3) is 4.03. The number of likely N-dealkylation sites (tertiary alicyclic amines) is 1. The zero-order valence-corrected chi connectivity index (χ0v) is 14.8. The van der Waals surface area contributed by atoms with E-state index in [1.807, 2.05) is 40.7 Å². The molecular weight excluding hydrogens is 324 g/mol. The van der Waals surface area contributed by atoms with Crippen LogP contribution in [0.25, 0.3) is 0 Å². The van der Waals surface area contributed by atoms with E-state index in [-0.39, 0.29) is 12.0 Å². The molecule has 0 bridgehead atoms. The Morgan fingerprint density at radius 1 is 1.42 bits per heavy atom. The summed E-state index contributed by atoms with van der Waals surface area (Å²) >= 11 is 1.62. The summed E-state index contributed by atoms with van der Waals surface area (Å²) in [5.74, 6) is 1.40. The molecule has 0 saturated carbocycles. The van der Waals surface area contributed by atoms with Crippen LogP contribution >= 0.6 is 11.3 Å². The first-order valence-electron chi connectivity index (χ1n) is 8.07. The molecule has 128 valence electrons. The van der Waals surface area contributed by atoms with Gasteiger partial charge in [0.25, 0.3) is 5.88 Å². The number of hydrogen-bond acceptors (Lipinski definition) is 6. The molecule has 6 nitrogen and oxygen atoms in total. The van der Waals surface area contributed by atoms with E-state index in [9.17, 15) is 4.79 Å². The molecule has 0 spiro atoms. The van der Waals surface area contributed by atoms with Gasteiger partial charge in [0, 0.05) is 33.0 Å². The standard InChI is InChI=1S/C17H22N4O2S/c1-20(2)16-17(19-7-6-18-16)23-14-4-3-8-21(11-14)15(22)10-13-5-9-24-12-13/h5-7,9,12,14H,3-4,8,10-11H2,1-2H3. The van der Waals surface area contributed by atoms with Crippen molar-refractivity contribution in [1.82, 2.24) is 14.9 Å². The third-order valence-electron chi connectivity index (χ3n) is 4.01. The number of hydrogen-bond donors (Lipinski definition) is 0. The van der Waals surface area contributed by atoms with Crippen molar-refractivity contribution in [3.63, 3.8) is 0 Å². The molecule has 1 aliphatic heterocycles. The second kappa shape index (κ2) is 7.61. The van der Waals surface area contributed by atoms with Gasteiger partial charge in [0.2, 0.25) is 5.91 Å². The normalized spacial score (nSPS) is 17.6. The average molecular weight is 346 g/mol. The smallest absolute Gasteiger partial charge is 0.257 e. The van der Waals surface area contributed by atoms with Crippen molar-refractivity contribution in [3.05, 3.63) is 34.8 Å². The molecule has 3 heterocycles. The lowest BCUT2D eigenvalue weighted by molar-refractivity contribution is -0.133. The number of piperidine rings is 1. The Morgan fingerprint density at radius 3 is 3.00 bits per heavy atom. The number of amides is 1. The minimum Gasteiger partial charge on any atom is -0.470 e. The number of ether oxygens (including phenoxy) is 1. The molecular formula is C17H22N4O2S. The maximum Gasteiger partial charge on any atom is 0.257 e. The summed E-state index contributed by atoms with van der Waals surface area (Å²) in [6.07, 6.45) is 5.57. The van der Waals surface area contributed by atoms with E-state index in [2.05, 4.69) is 9.97 Å². The van der Waals surface area contributed by atoms with Gasteiger partial charge in [0.15, 0.2) is 5.82 Å². The van der Waals surface area contributed by atoms with Crippen LogP contribution in [0.3, 0.4) is 0 Å².